The number of benzene rings is 2. The number of aliphatic hydroxyl groups is 2. The first-order valence-corrected chi connectivity index (χ1v) is 12.5. The van der Waals surface area contributed by atoms with E-state index >= 15 is 0 Å². The number of nitrogens with zero attached hydrogens (tertiary/aromatic N) is 1. The average molecular weight is 526 g/mol. The number of rotatable bonds is 10. The maximum Gasteiger partial charge on any atom is 0.307 e. The van der Waals surface area contributed by atoms with E-state index in [1.807, 2.05) is 13.8 Å². The summed E-state index contributed by atoms with van der Waals surface area (Å²) in [7, 11) is 0. The Bertz CT molecular complexity index is 1370. The van der Waals surface area contributed by atoms with E-state index in [0.29, 0.717) is 23.6 Å². The fourth-order valence-electron chi connectivity index (χ4n) is 5.57. The van der Waals surface area contributed by atoms with Gasteiger partial charge in [-0.2, -0.15) is 0 Å². The van der Waals surface area contributed by atoms with Gasteiger partial charge in [0.1, 0.15) is 24.0 Å². The number of aryl methyl sites for hydroxylation is 2. The van der Waals surface area contributed by atoms with Gasteiger partial charge in [-0.15, -0.1) is 0 Å². The molecule has 38 heavy (non-hydrogen) atoms. The topological polar surface area (TPSA) is 109 Å². The van der Waals surface area contributed by atoms with Crippen LogP contribution >= 0.6 is 0 Å². The number of pyridine rings is 1. The van der Waals surface area contributed by atoms with E-state index < -0.39 is 23.7 Å². The highest BCUT2D eigenvalue weighted by molar-refractivity contribution is 5.78. The molecular formula is C29H29F2NO6. The molecule has 2 aliphatic carbocycles. The molecule has 2 aliphatic rings. The Morgan fingerprint density at radius 1 is 1.11 bits per heavy atom. The number of aliphatic hydroxyl groups excluding tert-OH is 2. The van der Waals surface area contributed by atoms with Crippen molar-refractivity contribution in [1.82, 2.24) is 4.98 Å². The molecule has 1 aromatic heterocycles. The lowest BCUT2D eigenvalue weighted by Gasteiger charge is -2.16. The van der Waals surface area contributed by atoms with E-state index in [1.165, 1.54) is 6.07 Å². The number of halogens is 2. The summed E-state index contributed by atoms with van der Waals surface area (Å²) in [4.78, 5) is 15.6. The third kappa shape index (κ3) is 4.96. The summed E-state index contributed by atoms with van der Waals surface area (Å²) in [6.07, 6.45) is 1.72. The quantitative estimate of drug-likeness (QED) is 0.362. The molecule has 1 heterocycles. The number of aliphatic carboxylic acids is 1. The van der Waals surface area contributed by atoms with Crippen molar-refractivity contribution in [3.05, 3.63) is 76.0 Å². The smallest absolute Gasteiger partial charge is 0.307 e. The molecule has 0 saturated heterocycles. The Morgan fingerprint density at radius 3 is 2.53 bits per heavy atom. The minimum atomic E-state index is -0.854. The maximum atomic E-state index is 14.9. The Kier molecular flexibility index (Phi) is 7.07. The molecule has 3 N–H and O–H groups in total. The van der Waals surface area contributed by atoms with Crippen LogP contribution in [0.4, 0.5) is 8.78 Å². The molecule has 1 saturated carbocycles. The second-order valence-electron chi connectivity index (χ2n) is 10.1. The van der Waals surface area contributed by atoms with Crippen LogP contribution in [0.5, 0.6) is 11.6 Å². The predicted molar refractivity (Wildman–Crippen MR) is 134 cm³/mol. The van der Waals surface area contributed by atoms with Crippen LogP contribution in [0.15, 0.2) is 36.5 Å². The van der Waals surface area contributed by atoms with Crippen LogP contribution in [0, 0.1) is 37.3 Å². The molecule has 200 valence electrons. The van der Waals surface area contributed by atoms with Crippen molar-refractivity contribution in [1.29, 1.82) is 0 Å². The van der Waals surface area contributed by atoms with Crippen molar-refractivity contribution in [3.63, 3.8) is 0 Å². The highest BCUT2D eigenvalue weighted by atomic mass is 19.1. The van der Waals surface area contributed by atoms with Gasteiger partial charge in [-0.1, -0.05) is 0 Å². The van der Waals surface area contributed by atoms with E-state index in [1.54, 1.807) is 24.4 Å². The van der Waals surface area contributed by atoms with E-state index in [9.17, 15) is 23.8 Å². The van der Waals surface area contributed by atoms with Gasteiger partial charge < -0.3 is 24.8 Å². The third-order valence-electron chi connectivity index (χ3n) is 7.49. The molecule has 0 aliphatic heterocycles. The summed E-state index contributed by atoms with van der Waals surface area (Å²) in [5, 5.41) is 27.7. The molecule has 9 heteroatoms. The first kappa shape index (κ1) is 26.1. The first-order chi connectivity index (χ1) is 18.2. The van der Waals surface area contributed by atoms with Crippen LogP contribution in [0.1, 0.15) is 40.2 Å². The predicted octanol–water partition coefficient (Wildman–Crippen LogP) is 4.32. The fourth-order valence-corrected chi connectivity index (χ4v) is 5.57. The minimum absolute atomic E-state index is 0.0107. The molecular weight excluding hydrogens is 496 g/mol. The zero-order valence-corrected chi connectivity index (χ0v) is 21.1. The Hall–Kier alpha value is -3.56. The van der Waals surface area contributed by atoms with Gasteiger partial charge in [0.2, 0.25) is 5.88 Å². The molecule has 0 amide bonds. The first-order valence-electron chi connectivity index (χ1n) is 12.5. The molecule has 0 unspecified atom stereocenters. The second-order valence-corrected chi connectivity index (χ2v) is 10.1. The summed E-state index contributed by atoms with van der Waals surface area (Å²) in [6, 6.07) is 7.57. The van der Waals surface area contributed by atoms with E-state index in [4.69, 9.17) is 14.6 Å². The number of hydrogen-bond donors (Lipinski definition) is 3. The van der Waals surface area contributed by atoms with Crippen molar-refractivity contribution in [2.75, 3.05) is 13.2 Å². The fraction of sp³-hybridized carbons (Fsp3) is 0.379. The van der Waals surface area contributed by atoms with Gasteiger partial charge in [0, 0.05) is 41.8 Å². The van der Waals surface area contributed by atoms with Gasteiger partial charge in [-0.3, -0.25) is 4.79 Å². The minimum Gasteiger partial charge on any atom is -0.493 e. The van der Waals surface area contributed by atoms with E-state index in [2.05, 4.69) is 4.98 Å². The summed E-state index contributed by atoms with van der Waals surface area (Å²) in [5.74, 6) is -1.56. The Morgan fingerprint density at radius 2 is 1.84 bits per heavy atom. The maximum absolute atomic E-state index is 14.9. The summed E-state index contributed by atoms with van der Waals surface area (Å²) in [5.41, 5.74) is 4.44. The molecule has 2 aromatic carbocycles. The van der Waals surface area contributed by atoms with Gasteiger partial charge >= 0.3 is 5.97 Å². The molecule has 0 bridgehead atoms. The Labute approximate surface area is 218 Å². The van der Waals surface area contributed by atoms with E-state index in [0.717, 1.165) is 28.3 Å². The van der Waals surface area contributed by atoms with Gasteiger partial charge in [0.15, 0.2) is 0 Å². The zero-order chi connectivity index (χ0) is 27.1. The van der Waals surface area contributed by atoms with E-state index in [-0.39, 0.29) is 55.1 Å². The largest absolute Gasteiger partial charge is 0.493 e. The summed E-state index contributed by atoms with van der Waals surface area (Å²) in [6.45, 7) is 3.34. The van der Waals surface area contributed by atoms with Crippen molar-refractivity contribution < 1.29 is 38.4 Å². The summed E-state index contributed by atoms with van der Waals surface area (Å²) >= 11 is 0. The number of carboxylic acid groups (broad SMARTS) is 1. The number of ether oxygens (including phenoxy) is 2. The second kappa shape index (κ2) is 10.3. The van der Waals surface area contributed by atoms with Crippen LogP contribution in [-0.4, -0.2) is 45.6 Å². The molecule has 4 atom stereocenters. The monoisotopic (exact) mass is 525 g/mol. The number of carboxylic acids is 1. The molecule has 0 spiro atoms. The molecule has 3 aromatic rings. The highest BCUT2D eigenvalue weighted by Gasteiger charge is 2.59. The average Bonchev–Trinajstić information content (AvgIpc) is 3.46. The van der Waals surface area contributed by atoms with Crippen LogP contribution in [-0.2, 0) is 17.8 Å². The molecule has 7 nitrogen and oxygen atoms in total. The van der Waals surface area contributed by atoms with Crippen molar-refractivity contribution in [2.24, 2.45) is 11.8 Å². The van der Waals surface area contributed by atoms with Crippen LogP contribution in [0.3, 0.4) is 0 Å². The van der Waals surface area contributed by atoms with Crippen LogP contribution in [0.2, 0.25) is 0 Å². The SMILES string of the molecule is Cc1cc(OCC[C@@H](O)CO)cc(C)c1-c1cc(COc2cc3c(cn2)[C@H]2[C@@H](C3)[C@@H]2C(=O)O)c(F)cc1F. The third-order valence-corrected chi connectivity index (χ3v) is 7.49. The van der Waals surface area contributed by atoms with Crippen molar-refractivity contribution in [2.45, 2.75) is 45.3 Å². The molecule has 0 radical (unpaired) electrons. The highest BCUT2D eigenvalue weighted by Crippen LogP contribution is 2.61. The molecule has 1 fully saturated rings. The van der Waals surface area contributed by atoms with Crippen molar-refractivity contribution in [3.8, 4) is 22.8 Å². The van der Waals surface area contributed by atoms with Gasteiger partial charge in [0.05, 0.1) is 25.2 Å². The zero-order valence-electron chi connectivity index (χ0n) is 21.1. The number of hydrogen-bond acceptors (Lipinski definition) is 6. The lowest BCUT2D eigenvalue weighted by Crippen LogP contribution is -2.15. The van der Waals surface area contributed by atoms with Crippen LogP contribution in [0.25, 0.3) is 11.1 Å². The van der Waals surface area contributed by atoms with Gasteiger partial charge in [0.25, 0.3) is 0 Å². The summed E-state index contributed by atoms with van der Waals surface area (Å²) < 4.78 is 41.0. The lowest BCUT2D eigenvalue weighted by atomic mass is 9.93. The number of fused-ring (bicyclic) bond motifs is 3. The standard InChI is InChI=1S/C29H29F2NO6/c1-14-5-19(37-4-3-18(34)12-33)6-15(2)26(14)20-8-17(23(30)10-24(20)31)13-38-25-9-16-7-21-27(22(16)11-32-25)28(21)29(35)36/h5-6,8-11,18,21,27-28,33-34H,3-4,7,12-13H2,1-2H3,(H,35,36)/t18-,21-,27-,28+/m1/s1. The number of aromatic nitrogens is 1. The van der Waals surface area contributed by atoms with Crippen molar-refractivity contribution >= 4 is 5.97 Å². The van der Waals surface area contributed by atoms with Gasteiger partial charge in [-0.25, -0.2) is 13.8 Å². The molecule has 5 rings (SSSR count). The normalized spacial score (nSPS) is 20.0. The lowest BCUT2D eigenvalue weighted by molar-refractivity contribution is -0.139. The van der Waals surface area contributed by atoms with Crippen LogP contribution < -0.4 is 9.47 Å². The Balaban J connectivity index is 1.31. The number of carbonyl (C=O) groups is 1. The van der Waals surface area contributed by atoms with Gasteiger partial charge in [-0.05, 0) is 72.2 Å².